The van der Waals surface area contributed by atoms with E-state index >= 15 is 0 Å². The summed E-state index contributed by atoms with van der Waals surface area (Å²) in [6.45, 7) is 4.29. The van der Waals surface area contributed by atoms with Crippen molar-refractivity contribution in [3.05, 3.63) is 53.9 Å². The minimum absolute atomic E-state index is 0.139. The van der Waals surface area contributed by atoms with Crippen LogP contribution in [0.3, 0.4) is 0 Å². The Kier molecular flexibility index (Phi) is 6.68. The first-order valence-corrected chi connectivity index (χ1v) is 8.34. The number of benzene rings is 1. The highest BCUT2D eigenvalue weighted by molar-refractivity contribution is 6.06. The molecule has 2 aromatic rings. The van der Waals surface area contributed by atoms with E-state index in [0.29, 0.717) is 6.61 Å². The van der Waals surface area contributed by atoms with E-state index in [1.165, 1.54) is 12.3 Å². The number of hydrogen-bond donors (Lipinski definition) is 3. The number of amides is 2. The zero-order chi connectivity index (χ0) is 19.1. The lowest BCUT2D eigenvalue weighted by Gasteiger charge is -2.13. The van der Waals surface area contributed by atoms with Crippen LogP contribution in [0.4, 0.5) is 0 Å². The lowest BCUT2D eigenvalue weighted by Crippen LogP contribution is -2.44. The molecule has 0 saturated heterocycles. The monoisotopic (exact) mass is 357 g/mol. The van der Waals surface area contributed by atoms with Gasteiger partial charge >= 0.3 is 0 Å². The predicted octanol–water partition coefficient (Wildman–Crippen LogP) is 1.65. The molecule has 0 unspecified atom stereocenters. The molecule has 0 aliphatic carbocycles. The first kappa shape index (κ1) is 19.4. The molecule has 0 aliphatic heterocycles. The van der Waals surface area contributed by atoms with Gasteiger partial charge in [0.05, 0.1) is 12.6 Å². The number of carbonyl (C=O) groups excluding carboxylic acids is 2. The van der Waals surface area contributed by atoms with E-state index in [1.807, 2.05) is 44.2 Å². The zero-order valence-corrected chi connectivity index (χ0v) is 14.8. The van der Waals surface area contributed by atoms with Crippen molar-refractivity contribution in [2.75, 3.05) is 6.61 Å². The molecule has 0 aliphatic rings. The Labute approximate surface area is 152 Å². The number of nitrogens with zero attached hydrogens (tertiary/aromatic N) is 1. The maximum atomic E-state index is 12.3. The van der Waals surface area contributed by atoms with E-state index in [9.17, 15) is 14.7 Å². The highest BCUT2D eigenvalue weighted by Crippen LogP contribution is 2.28. The number of aromatic nitrogens is 1. The van der Waals surface area contributed by atoms with Crippen LogP contribution in [-0.2, 0) is 11.2 Å². The number of aromatic hydroxyl groups is 1. The van der Waals surface area contributed by atoms with E-state index in [4.69, 9.17) is 10.5 Å². The molecule has 138 valence electrons. The Hall–Kier alpha value is -2.93. The normalized spacial score (nSPS) is 11.8. The van der Waals surface area contributed by atoms with Crippen LogP contribution in [0.2, 0.25) is 0 Å². The summed E-state index contributed by atoms with van der Waals surface area (Å²) in [6, 6.07) is 9.80. The van der Waals surface area contributed by atoms with E-state index in [1.54, 1.807) is 0 Å². The van der Waals surface area contributed by atoms with Crippen molar-refractivity contribution in [3.63, 3.8) is 0 Å². The summed E-state index contributed by atoms with van der Waals surface area (Å²) in [4.78, 5) is 28.2. The molecule has 0 saturated carbocycles. The number of pyridine rings is 1. The lowest BCUT2D eigenvalue weighted by molar-refractivity contribution is -0.121. The summed E-state index contributed by atoms with van der Waals surface area (Å²) >= 11 is 0. The van der Waals surface area contributed by atoms with Gasteiger partial charge in [-0.05, 0) is 17.9 Å². The molecule has 26 heavy (non-hydrogen) atoms. The highest BCUT2D eigenvalue weighted by Gasteiger charge is 2.22. The van der Waals surface area contributed by atoms with E-state index < -0.39 is 23.6 Å². The third-order valence-corrected chi connectivity index (χ3v) is 3.55. The van der Waals surface area contributed by atoms with Crippen LogP contribution >= 0.6 is 0 Å². The lowest BCUT2D eigenvalue weighted by atomic mass is 10.1. The number of hydrogen-bond acceptors (Lipinski definition) is 6. The number of rotatable bonds is 7. The molecule has 1 aromatic carbocycles. The fourth-order valence-electron chi connectivity index (χ4n) is 2.20. The molecule has 1 atom stereocenters. The molecule has 0 fully saturated rings. The van der Waals surface area contributed by atoms with Crippen molar-refractivity contribution in [2.24, 2.45) is 11.7 Å². The second-order valence-electron chi connectivity index (χ2n) is 6.33. The van der Waals surface area contributed by atoms with Crippen LogP contribution in [0.5, 0.6) is 11.5 Å². The number of nitrogens with one attached hydrogen (secondary N) is 1. The molecule has 0 radical (unpaired) electrons. The van der Waals surface area contributed by atoms with Gasteiger partial charge in [0.1, 0.15) is 0 Å². The van der Waals surface area contributed by atoms with Crippen LogP contribution in [0.1, 0.15) is 29.9 Å². The van der Waals surface area contributed by atoms with E-state index in [2.05, 4.69) is 10.3 Å². The first-order valence-electron chi connectivity index (χ1n) is 8.34. The van der Waals surface area contributed by atoms with Crippen LogP contribution in [0.15, 0.2) is 42.6 Å². The van der Waals surface area contributed by atoms with Crippen LogP contribution < -0.4 is 15.8 Å². The van der Waals surface area contributed by atoms with Crippen LogP contribution in [-0.4, -0.2) is 34.6 Å². The summed E-state index contributed by atoms with van der Waals surface area (Å²) in [5, 5.41) is 12.3. The number of nitrogens with two attached hydrogens (primary N) is 1. The highest BCUT2D eigenvalue weighted by atomic mass is 16.5. The average molecular weight is 357 g/mol. The van der Waals surface area contributed by atoms with Gasteiger partial charge in [-0.15, -0.1) is 0 Å². The molecule has 2 amide bonds. The Morgan fingerprint density at radius 2 is 1.92 bits per heavy atom. The third-order valence-electron chi connectivity index (χ3n) is 3.55. The summed E-state index contributed by atoms with van der Waals surface area (Å²) in [5.74, 6) is -1.49. The van der Waals surface area contributed by atoms with Gasteiger partial charge in [0.15, 0.2) is 17.2 Å². The molecule has 0 bridgehead atoms. The third kappa shape index (κ3) is 5.29. The Morgan fingerprint density at radius 1 is 1.23 bits per heavy atom. The number of carbonyl (C=O) groups is 2. The van der Waals surface area contributed by atoms with Crippen molar-refractivity contribution in [1.82, 2.24) is 10.3 Å². The topological polar surface area (TPSA) is 115 Å². The maximum absolute atomic E-state index is 12.3. The minimum Gasteiger partial charge on any atom is -0.503 e. The van der Waals surface area contributed by atoms with Gasteiger partial charge in [0.25, 0.3) is 5.91 Å². The summed E-state index contributed by atoms with van der Waals surface area (Å²) in [5.41, 5.74) is 6.45. The van der Waals surface area contributed by atoms with Gasteiger partial charge < -0.3 is 15.6 Å². The first-order chi connectivity index (χ1) is 12.4. The molecule has 2 rings (SSSR count). The minimum atomic E-state index is -0.899. The fraction of sp³-hybridized carbons (Fsp3) is 0.316. The molecule has 1 heterocycles. The van der Waals surface area contributed by atoms with E-state index in [0.717, 1.165) is 5.56 Å². The Morgan fingerprint density at radius 3 is 2.58 bits per heavy atom. The zero-order valence-electron chi connectivity index (χ0n) is 14.8. The second kappa shape index (κ2) is 8.96. The van der Waals surface area contributed by atoms with Gasteiger partial charge in [-0.25, -0.2) is 4.98 Å². The Balaban J connectivity index is 2.02. The fourth-order valence-corrected chi connectivity index (χ4v) is 2.20. The van der Waals surface area contributed by atoms with Gasteiger partial charge in [-0.1, -0.05) is 44.2 Å². The maximum Gasteiger partial charge on any atom is 0.280 e. The molecule has 1 aromatic heterocycles. The summed E-state index contributed by atoms with van der Waals surface area (Å²) in [6.07, 6.45) is 1.62. The van der Waals surface area contributed by atoms with Crippen molar-refractivity contribution < 1.29 is 19.4 Å². The van der Waals surface area contributed by atoms with Gasteiger partial charge in [-0.3, -0.25) is 14.9 Å². The number of ether oxygens (including phenoxy) is 1. The number of imide groups is 1. The van der Waals surface area contributed by atoms with Crippen LogP contribution in [0.25, 0.3) is 0 Å². The standard InChI is InChI=1S/C19H23N3O4/c1-12(2)11-26-15-8-9-21-16(17(15)23)19(25)22-18(24)14(20)10-13-6-4-3-5-7-13/h3-9,12,14,23H,10-11,20H2,1-2H3,(H,22,24,25)/t14-/m0/s1. The molecule has 7 nitrogen and oxygen atoms in total. The largest absolute Gasteiger partial charge is 0.503 e. The average Bonchev–Trinajstić information content (AvgIpc) is 2.61. The molecule has 4 N–H and O–H groups in total. The van der Waals surface area contributed by atoms with Crippen molar-refractivity contribution >= 4 is 11.8 Å². The summed E-state index contributed by atoms with van der Waals surface area (Å²) in [7, 11) is 0. The van der Waals surface area contributed by atoms with Gasteiger partial charge in [0, 0.05) is 12.3 Å². The SMILES string of the molecule is CC(C)COc1ccnc(C(=O)NC(=O)[C@@H](N)Cc2ccccc2)c1O. The van der Waals surface area contributed by atoms with Gasteiger partial charge in [-0.2, -0.15) is 0 Å². The predicted molar refractivity (Wildman–Crippen MR) is 96.8 cm³/mol. The molecule has 0 spiro atoms. The molecular weight excluding hydrogens is 334 g/mol. The quantitative estimate of drug-likeness (QED) is 0.694. The van der Waals surface area contributed by atoms with Crippen molar-refractivity contribution in [1.29, 1.82) is 0 Å². The Bertz CT molecular complexity index is 763. The van der Waals surface area contributed by atoms with Crippen molar-refractivity contribution in [3.8, 4) is 11.5 Å². The summed E-state index contributed by atoms with van der Waals surface area (Å²) < 4.78 is 5.44. The van der Waals surface area contributed by atoms with E-state index in [-0.39, 0.29) is 23.8 Å². The molecule has 7 heteroatoms. The smallest absolute Gasteiger partial charge is 0.280 e. The van der Waals surface area contributed by atoms with Gasteiger partial charge in [0.2, 0.25) is 5.91 Å². The second-order valence-corrected chi connectivity index (χ2v) is 6.33. The molecular formula is C19H23N3O4. The van der Waals surface area contributed by atoms with Crippen LogP contribution in [0, 0.1) is 5.92 Å². The van der Waals surface area contributed by atoms with Crippen molar-refractivity contribution in [2.45, 2.75) is 26.3 Å².